The van der Waals surface area contributed by atoms with Crippen molar-refractivity contribution in [1.29, 1.82) is 0 Å². The SMILES string of the molecule is CC1(CO)CC1F. The molecule has 0 aromatic heterocycles. The minimum atomic E-state index is -0.738. The van der Waals surface area contributed by atoms with E-state index in [-0.39, 0.29) is 12.0 Å². The average molecular weight is 104 g/mol. The smallest absolute Gasteiger partial charge is 0.108 e. The van der Waals surface area contributed by atoms with Crippen LogP contribution in [-0.2, 0) is 0 Å². The molecule has 0 aromatic rings. The van der Waals surface area contributed by atoms with E-state index >= 15 is 0 Å². The third-order valence-corrected chi connectivity index (χ3v) is 1.60. The van der Waals surface area contributed by atoms with E-state index in [1.165, 1.54) is 0 Å². The van der Waals surface area contributed by atoms with Crippen LogP contribution < -0.4 is 0 Å². The summed E-state index contributed by atoms with van der Waals surface area (Å²) < 4.78 is 12.0. The summed E-state index contributed by atoms with van der Waals surface area (Å²) in [7, 11) is 0. The molecule has 7 heavy (non-hydrogen) atoms. The summed E-state index contributed by atoms with van der Waals surface area (Å²) in [6.07, 6.45) is -0.193. The molecule has 2 heteroatoms. The Morgan fingerprint density at radius 1 is 2.00 bits per heavy atom. The zero-order valence-electron chi connectivity index (χ0n) is 4.32. The van der Waals surface area contributed by atoms with Crippen LogP contribution in [0, 0.1) is 5.41 Å². The van der Waals surface area contributed by atoms with Gasteiger partial charge in [0.1, 0.15) is 6.17 Å². The lowest BCUT2D eigenvalue weighted by molar-refractivity contribution is 0.199. The number of halogens is 1. The minimum Gasteiger partial charge on any atom is -0.396 e. The Bertz CT molecular complexity index is 80.1. The fourth-order valence-corrected chi connectivity index (χ4v) is 0.514. The zero-order chi connectivity index (χ0) is 5.49. The molecule has 1 aliphatic carbocycles. The third-order valence-electron chi connectivity index (χ3n) is 1.60. The van der Waals surface area contributed by atoms with Crippen LogP contribution in [0.15, 0.2) is 0 Å². The fraction of sp³-hybridized carbons (Fsp3) is 1.00. The van der Waals surface area contributed by atoms with Gasteiger partial charge in [-0.3, -0.25) is 0 Å². The van der Waals surface area contributed by atoms with Crippen LogP contribution in [0.3, 0.4) is 0 Å². The second-order valence-corrected chi connectivity index (χ2v) is 2.48. The number of rotatable bonds is 1. The maximum atomic E-state index is 12.0. The molecule has 1 fully saturated rings. The molecular formula is C5H9FO. The first-order valence-electron chi connectivity index (χ1n) is 2.44. The second-order valence-electron chi connectivity index (χ2n) is 2.48. The number of alkyl halides is 1. The first-order chi connectivity index (χ1) is 3.19. The molecule has 1 nitrogen and oxygen atoms in total. The summed E-state index contributed by atoms with van der Waals surface area (Å²) in [6, 6.07) is 0. The molecule has 42 valence electrons. The van der Waals surface area contributed by atoms with Gasteiger partial charge < -0.3 is 5.11 Å². The Kier molecular flexibility index (Phi) is 0.854. The lowest BCUT2D eigenvalue weighted by atomic mass is 10.2. The largest absolute Gasteiger partial charge is 0.396 e. The highest BCUT2D eigenvalue weighted by Gasteiger charge is 2.50. The van der Waals surface area contributed by atoms with E-state index in [4.69, 9.17) is 5.11 Å². The molecule has 0 amide bonds. The van der Waals surface area contributed by atoms with Crippen molar-refractivity contribution < 1.29 is 9.50 Å². The number of hydrogen-bond donors (Lipinski definition) is 1. The fourth-order valence-electron chi connectivity index (χ4n) is 0.514. The molecular weight excluding hydrogens is 95.1 g/mol. The molecule has 0 radical (unpaired) electrons. The van der Waals surface area contributed by atoms with Crippen LogP contribution in [0.25, 0.3) is 0 Å². The van der Waals surface area contributed by atoms with Gasteiger partial charge in [0.2, 0.25) is 0 Å². The molecule has 0 heterocycles. The molecule has 1 aliphatic rings. The normalized spacial score (nSPS) is 49.3. The number of aliphatic hydroxyl groups is 1. The van der Waals surface area contributed by atoms with Crippen molar-refractivity contribution in [2.75, 3.05) is 6.61 Å². The Morgan fingerprint density at radius 2 is 2.43 bits per heavy atom. The van der Waals surface area contributed by atoms with E-state index in [0.29, 0.717) is 6.42 Å². The van der Waals surface area contributed by atoms with Crippen molar-refractivity contribution in [3.05, 3.63) is 0 Å². The van der Waals surface area contributed by atoms with Gasteiger partial charge in [0.15, 0.2) is 0 Å². The average Bonchev–Trinajstić information content (AvgIpc) is 2.18. The van der Waals surface area contributed by atoms with E-state index in [2.05, 4.69) is 0 Å². The van der Waals surface area contributed by atoms with Crippen molar-refractivity contribution in [3.8, 4) is 0 Å². The van der Waals surface area contributed by atoms with Gasteiger partial charge in [-0.25, -0.2) is 4.39 Å². The molecule has 0 aromatic carbocycles. The Morgan fingerprint density at radius 3 is 2.43 bits per heavy atom. The van der Waals surface area contributed by atoms with Crippen LogP contribution in [0.4, 0.5) is 4.39 Å². The van der Waals surface area contributed by atoms with E-state index in [1.807, 2.05) is 0 Å². The van der Waals surface area contributed by atoms with Gasteiger partial charge in [0, 0.05) is 5.41 Å². The predicted molar refractivity (Wildman–Crippen MR) is 24.7 cm³/mol. The number of aliphatic hydroxyl groups excluding tert-OH is 1. The maximum absolute atomic E-state index is 12.0. The monoisotopic (exact) mass is 104 g/mol. The standard InChI is InChI=1S/C5H9FO/c1-5(3-7)2-4(5)6/h4,7H,2-3H2,1H3. The van der Waals surface area contributed by atoms with Crippen molar-refractivity contribution in [3.63, 3.8) is 0 Å². The van der Waals surface area contributed by atoms with E-state index < -0.39 is 6.17 Å². The summed E-state index contributed by atoms with van der Waals surface area (Å²) in [6.45, 7) is 1.74. The van der Waals surface area contributed by atoms with Gasteiger partial charge in [0.25, 0.3) is 0 Å². The molecule has 0 saturated heterocycles. The molecule has 2 unspecified atom stereocenters. The first kappa shape index (κ1) is 5.04. The molecule has 1 rings (SSSR count). The zero-order valence-corrected chi connectivity index (χ0v) is 4.32. The van der Waals surface area contributed by atoms with Gasteiger partial charge >= 0.3 is 0 Å². The van der Waals surface area contributed by atoms with Crippen LogP contribution in [0.5, 0.6) is 0 Å². The summed E-state index contributed by atoms with van der Waals surface area (Å²) in [5.41, 5.74) is -0.361. The highest BCUT2D eigenvalue weighted by Crippen LogP contribution is 2.47. The maximum Gasteiger partial charge on any atom is 0.108 e. The van der Waals surface area contributed by atoms with Crippen molar-refractivity contribution in [1.82, 2.24) is 0 Å². The molecule has 1 N–H and O–H groups in total. The van der Waals surface area contributed by atoms with Crippen LogP contribution in [0.1, 0.15) is 13.3 Å². The Labute approximate surface area is 42.2 Å². The molecule has 0 aliphatic heterocycles. The third kappa shape index (κ3) is 0.630. The quantitative estimate of drug-likeness (QED) is 0.520. The van der Waals surface area contributed by atoms with Crippen molar-refractivity contribution in [2.45, 2.75) is 19.5 Å². The molecule has 1 saturated carbocycles. The van der Waals surface area contributed by atoms with Gasteiger partial charge in [-0.2, -0.15) is 0 Å². The van der Waals surface area contributed by atoms with Crippen LogP contribution in [0.2, 0.25) is 0 Å². The lowest BCUT2D eigenvalue weighted by Crippen LogP contribution is -2.03. The Balaban J connectivity index is 2.36. The van der Waals surface area contributed by atoms with E-state index in [1.54, 1.807) is 6.92 Å². The second kappa shape index (κ2) is 1.19. The van der Waals surface area contributed by atoms with Gasteiger partial charge in [-0.05, 0) is 6.42 Å². The van der Waals surface area contributed by atoms with Crippen molar-refractivity contribution in [2.24, 2.45) is 5.41 Å². The Hall–Kier alpha value is -0.110. The molecule has 2 atom stereocenters. The van der Waals surface area contributed by atoms with Gasteiger partial charge in [0.05, 0.1) is 6.61 Å². The van der Waals surface area contributed by atoms with Crippen LogP contribution in [-0.4, -0.2) is 17.9 Å². The topological polar surface area (TPSA) is 20.2 Å². The highest BCUT2D eigenvalue weighted by molar-refractivity contribution is 4.98. The molecule has 0 spiro atoms. The molecule has 0 bridgehead atoms. The summed E-state index contributed by atoms with van der Waals surface area (Å²) in [5, 5.41) is 8.40. The van der Waals surface area contributed by atoms with Crippen LogP contribution >= 0.6 is 0 Å². The van der Waals surface area contributed by atoms with Gasteiger partial charge in [-0.15, -0.1) is 0 Å². The highest BCUT2D eigenvalue weighted by atomic mass is 19.1. The van der Waals surface area contributed by atoms with E-state index in [0.717, 1.165) is 0 Å². The summed E-state index contributed by atoms with van der Waals surface area (Å²) >= 11 is 0. The predicted octanol–water partition coefficient (Wildman–Crippen LogP) is 0.727. The first-order valence-corrected chi connectivity index (χ1v) is 2.44. The summed E-state index contributed by atoms with van der Waals surface area (Å²) in [5.74, 6) is 0. The minimum absolute atomic E-state index is 0.00579. The lowest BCUT2D eigenvalue weighted by Gasteiger charge is -1.97. The number of hydrogen-bond acceptors (Lipinski definition) is 1. The summed E-state index contributed by atoms with van der Waals surface area (Å²) in [4.78, 5) is 0. The van der Waals surface area contributed by atoms with Gasteiger partial charge in [-0.1, -0.05) is 6.92 Å². The van der Waals surface area contributed by atoms with E-state index in [9.17, 15) is 4.39 Å². The van der Waals surface area contributed by atoms with Crippen molar-refractivity contribution >= 4 is 0 Å².